The molecule has 2 aromatic rings. The first-order chi connectivity index (χ1) is 9.29. The van der Waals surface area contributed by atoms with Crippen molar-refractivity contribution in [1.29, 1.82) is 0 Å². The fourth-order valence-electron chi connectivity index (χ4n) is 1.40. The van der Waals surface area contributed by atoms with Crippen molar-refractivity contribution in [2.45, 2.75) is 6.54 Å². The van der Waals surface area contributed by atoms with E-state index in [1.807, 2.05) is 12.1 Å². The van der Waals surface area contributed by atoms with Gasteiger partial charge in [-0.1, -0.05) is 11.3 Å². The molecule has 0 aliphatic rings. The molecule has 0 aromatic carbocycles. The van der Waals surface area contributed by atoms with Crippen LogP contribution in [0, 0.1) is 0 Å². The van der Waals surface area contributed by atoms with Crippen LogP contribution in [0.3, 0.4) is 0 Å². The topological polar surface area (TPSA) is 84.7 Å². The van der Waals surface area contributed by atoms with Crippen LogP contribution >= 0.6 is 0 Å². The van der Waals surface area contributed by atoms with Crippen LogP contribution in [0.1, 0.15) is 5.69 Å². The van der Waals surface area contributed by atoms with Gasteiger partial charge in [-0.3, -0.25) is 4.98 Å². The highest BCUT2D eigenvalue weighted by atomic mass is 16.2. The molecule has 2 heterocycles. The summed E-state index contributed by atoms with van der Waals surface area (Å²) in [5, 5.41) is 13.2. The summed E-state index contributed by atoms with van der Waals surface area (Å²) in [6.45, 7) is 4.25. The molecule has 2 amide bonds. The highest BCUT2D eigenvalue weighted by Crippen LogP contribution is 2.04. The summed E-state index contributed by atoms with van der Waals surface area (Å²) in [6.07, 6.45) is 6.72. The number of aromatic nitrogens is 4. The minimum Gasteiger partial charge on any atom is -0.335 e. The first-order valence-corrected chi connectivity index (χ1v) is 5.74. The Kier molecular flexibility index (Phi) is 4.22. The van der Waals surface area contributed by atoms with E-state index < -0.39 is 0 Å². The molecule has 0 saturated heterocycles. The van der Waals surface area contributed by atoms with Crippen LogP contribution < -0.4 is 10.6 Å². The lowest BCUT2D eigenvalue weighted by Gasteiger charge is -2.02. The smallest absolute Gasteiger partial charge is 0.315 e. The molecule has 0 spiro atoms. The van der Waals surface area contributed by atoms with Gasteiger partial charge in [-0.05, 0) is 12.1 Å². The molecule has 0 atom stereocenters. The highest BCUT2D eigenvalue weighted by molar-refractivity contribution is 5.73. The van der Waals surface area contributed by atoms with Crippen LogP contribution in [0.15, 0.2) is 43.4 Å². The molecule has 0 aliphatic heterocycles. The van der Waals surface area contributed by atoms with Crippen molar-refractivity contribution >= 4 is 6.03 Å². The molecule has 0 bridgehead atoms. The van der Waals surface area contributed by atoms with E-state index in [-0.39, 0.29) is 6.03 Å². The van der Waals surface area contributed by atoms with E-state index in [0.29, 0.717) is 18.8 Å². The quantitative estimate of drug-likeness (QED) is 0.771. The molecule has 98 valence electrons. The van der Waals surface area contributed by atoms with Gasteiger partial charge in [0.2, 0.25) is 0 Å². The minimum atomic E-state index is -0.265. The molecule has 0 aliphatic carbocycles. The van der Waals surface area contributed by atoms with Gasteiger partial charge in [-0.2, -0.15) is 0 Å². The molecular weight excluding hydrogens is 244 g/mol. The number of nitrogens with zero attached hydrogens (tertiary/aromatic N) is 4. The summed E-state index contributed by atoms with van der Waals surface area (Å²) in [6, 6.07) is 3.38. The van der Waals surface area contributed by atoms with Crippen LogP contribution in [0.5, 0.6) is 0 Å². The van der Waals surface area contributed by atoms with Gasteiger partial charge in [0, 0.05) is 18.9 Å². The largest absolute Gasteiger partial charge is 0.335 e. The zero-order chi connectivity index (χ0) is 13.5. The predicted molar refractivity (Wildman–Crippen MR) is 69.6 cm³/mol. The number of hydrogen-bond donors (Lipinski definition) is 2. The number of urea groups is 1. The zero-order valence-corrected chi connectivity index (χ0v) is 10.3. The fraction of sp³-hybridized carbons (Fsp3) is 0.167. The Morgan fingerprint density at radius 2 is 2.16 bits per heavy atom. The van der Waals surface area contributed by atoms with Gasteiger partial charge in [0.05, 0.1) is 18.4 Å². The van der Waals surface area contributed by atoms with E-state index in [1.165, 1.54) is 0 Å². The lowest BCUT2D eigenvalue weighted by Crippen LogP contribution is -2.35. The lowest BCUT2D eigenvalue weighted by atomic mass is 10.4. The molecule has 0 unspecified atom stereocenters. The number of amides is 2. The average molecular weight is 258 g/mol. The van der Waals surface area contributed by atoms with Crippen molar-refractivity contribution in [3.05, 3.63) is 49.1 Å². The van der Waals surface area contributed by atoms with E-state index >= 15 is 0 Å². The predicted octanol–water partition coefficient (Wildman–Crippen LogP) is 0.648. The standard InChI is InChI=1S/C12H14N6O/c1-2-5-14-12(19)15-8-10-9-18(17-16-10)11-3-6-13-7-4-11/h2-4,6-7,9H,1,5,8H2,(H2,14,15,19). The van der Waals surface area contributed by atoms with Crippen molar-refractivity contribution in [1.82, 2.24) is 30.6 Å². The molecule has 0 fully saturated rings. The van der Waals surface area contributed by atoms with Gasteiger partial charge in [0.15, 0.2) is 0 Å². The van der Waals surface area contributed by atoms with Crippen LogP contribution in [-0.2, 0) is 6.54 Å². The second-order valence-electron chi connectivity index (χ2n) is 3.71. The maximum Gasteiger partial charge on any atom is 0.315 e. The van der Waals surface area contributed by atoms with Gasteiger partial charge in [0.1, 0.15) is 5.69 Å². The van der Waals surface area contributed by atoms with Crippen molar-refractivity contribution < 1.29 is 4.79 Å². The normalized spacial score (nSPS) is 9.89. The molecule has 2 aromatic heterocycles. The van der Waals surface area contributed by atoms with E-state index in [9.17, 15) is 4.79 Å². The van der Waals surface area contributed by atoms with Crippen LogP contribution in [0.2, 0.25) is 0 Å². The van der Waals surface area contributed by atoms with Crippen LogP contribution in [0.4, 0.5) is 4.79 Å². The number of carbonyl (C=O) groups excluding carboxylic acids is 1. The van der Waals surface area contributed by atoms with Gasteiger partial charge in [-0.25, -0.2) is 9.48 Å². The van der Waals surface area contributed by atoms with E-state index in [1.54, 1.807) is 29.3 Å². The maximum absolute atomic E-state index is 11.3. The Balaban J connectivity index is 1.91. The maximum atomic E-state index is 11.3. The molecule has 2 N–H and O–H groups in total. The van der Waals surface area contributed by atoms with Gasteiger partial charge >= 0.3 is 6.03 Å². The summed E-state index contributed by atoms with van der Waals surface area (Å²) in [5.74, 6) is 0. The van der Waals surface area contributed by atoms with Crippen molar-refractivity contribution in [3.8, 4) is 5.69 Å². The van der Waals surface area contributed by atoms with Gasteiger partial charge in [0.25, 0.3) is 0 Å². The summed E-state index contributed by atoms with van der Waals surface area (Å²) in [7, 11) is 0. The van der Waals surface area contributed by atoms with Crippen molar-refractivity contribution in [2.24, 2.45) is 0 Å². The highest BCUT2D eigenvalue weighted by Gasteiger charge is 2.04. The molecule has 2 rings (SSSR count). The number of pyridine rings is 1. The van der Waals surface area contributed by atoms with Gasteiger partial charge in [-0.15, -0.1) is 11.7 Å². The third-order valence-electron chi connectivity index (χ3n) is 2.31. The minimum absolute atomic E-state index is 0.265. The number of nitrogens with one attached hydrogen (secondary N) is 2. The Bertz CT molecular complexity index is 550. The van der Waals surface area contributed by atoms with Crippen molar-refractivity contribution in [2.75, 3.05) is 6.54 Å². The summed E-state index contributed by atoms with van der Waals surface area (Å²) >= 11 is 0. The number of carbonyl (C=O) groups is 1. The average Bonchev–Trinajstić information content (AvgIpc) is 2.93. The molecular formula is C12H14N6O. The third-order valence-corrected chi connectivity index (χ3v) is 2.31. The van der Waals surface area contributed by atoms with Crippen LogP contribution in [-0.4, -0.2) is 32.6 Å². The zero-order valence-electron chi connectivity index (χ0n) is 10.3. The van der Waals surface area contributed by atoms with E-state index in [0.717, 1.165) is 5.69 Å². The first kappa shape index (κ1) is 12.7. The number of hydrogen-bond acceptors (Lipinski definition) is 4. The van der Waals surface area contributed by atoms with Crippen molar-refractivity contribution in [3.63, 3.8) is 0 Å². The fourth-order valence-corrected chi connectivity index (χ4v) is 1.40. The Labute approximate surface area is 110 Å². The second kappa shape index (κ2) is 6.29. The third kappa shape index (κ3) is 3.63. The Hall–Kier alpha value is -2.70. The summed E-state index contributed by atoms with van der Waals surface area (Å²) in [4.78, 5) is 15.2. The molecule has 19 heavy (non-hydrogen) atoms. The summed E-state index contributed by atoms with van der Waals surface area (Å²) in [5.41, 5.74) is 1.54. The Morgan fingerprint density at radius 1 is 1.37 bits per heavy atom. The lowest BCUT2D eigenvalue weighted by molar-refractivity contribution is 0.241. The summed E-state index contributed by atoms with van der Waals surface area (Å²) < 4.78 is 1.63. The van der Waals surface area contributed by atoms with Gasteiger partial charge < -0.3 is 10.6 Å². The molecule has 0 radical (unpaired) electrons. The Morgan fingerprint density at radius 3 is 2.89 bits per heavy atom. The molecule has 0 saturated carbocycles. The van der Waals surface area contributed by atoms with E-state index in [2.05, 4.69) is 32.5 Å². The molecule has 7 heteroatoms. The monoisotopic (exact) mass is 258 g/mol. The second-order valence-corrected chi connectivity index (χ2v) is 3.71. The molecule has 7 nitrogen and oxygen atoms in total. The first-order valence-electron chi connectivity index (χ1n) is 5.74. The SMILES string of the molecule is C=CCNC(=O)NCc1cn(-c2ccncc2)nn1. The number of rotatable bonds is 5. The van der Waals surface area contributed by atoms with E-state index in [4.69, 9.17) is 0 Å². The van der Waals surface area contributed by atoms with Crippen LogP contribution in [0.25, 0.3) is 5.69 Å².